The molecule has 0 radical (unpaired) electrons. The average molecular weight is 324 g/mol. The normalized spacial score (nSPS) is 16.2. The summed E-state index contributed by atoms with van der Waals surface area (Å²) >= 11 is 0. The summed E-state index contributed by atoms with van der Waals surface area (Å²) in [5.74, 6) is 0. The number of rotatable bonds is 7. The highest BCUT2D eigenvalue weighted by Crippen LogP contribution is 2.29. The Balaban J connectivity index is 1.70. The first-order valence-electron chi connectivity index (χ1n) is 8.50. The lowest BCUT2D eigenvalue weighted by atomic mass is 9.96. The van der Waals surface area contributed by atoms with Gasteiger partial charge in [-0.15, -0.1) is 0 Å². The maximum atomic E-state index is 10.3. The molecule has 0 amide bonds. The molecule has 0 bridgehead atoms. The van der Waals surface area contributed by atoms with Crippen LogP contribution in [0.1, 0.15) is 17.2 Å². The minimum atomic E-state index is 0.292. The van der Waals surface area contributed by atoms with Crippen molar-refractivity contribution < 1.29 is 9.53 Å². The number of benzene rings is 2. The molecular weight excluding hydrogens is 300 g/mol. The first kappa shape index (κ1) is 16.7. The van der Waals surface area contributed by atoms with Gasteiger partial charge in [-0.25, -0.2) is 0 Å². The molecule has 1 saturated heterocycles. The summed E-state index contributed by atoms with van der Waals surface area (Å²) in [4.78, 5) is 15.2. The van der Waals surface area contributed by atoms with E-state index in [0.29, 0.717) is 19.1 Å². The molecule has 1 heterocycles. The second-order valence-electron chi connectivity index (χ2n) is 6.07. The molecule has 3 rings (SSSR count). The summed E-state index contributed by atoms with van der Waals surface area (Å²) in [7, 11) is 0. The van der Waals surface area contributed by atoms with E-state index in [0.717, 1.165) is 32.7 Å². The maximum absolute atomic E-state index is 10.3. The lowest BCUT2D eigenvalue weighted by Crippen LogP contribution is -2.48. The quantitative estimate of drug-likeness (QED) is 0.579. The highest BCUT2D eigenvalue weighted by atomic mass is 16.5. The highest BCUT2D eigenvalue weighted by molar-refractivity contribution is 5.36. The van der Waals surface area contributed by atoms with Gasteiger partial charge in [0.1, 0.15) is 6.61 Å². The van der Waals surface area contributed by atoms with Crippen LogP contribution in [0.15, 0.2) is 60.7 Å². The van der Waals surface area contributed by atoms with Gasteiger partial charge in [0, 0.05) is 32.7 Å². The van der Waals surface area contributed by atoms with Gasteiger partial charge < -0.3 is 4.74 Å². The zero-order chi connectivity index (χ0) is 16.6. The third kappa shape index (κ3) is 4.22. The van der Waals surface area contributed by atoms with E-state index in [4.69, 9.17) is 4.74 Å². The highest BCUT2D eigenvalue weighted by Gasteiger charge is 2.26. The van der Waals surface area contributed by atoms with Gasteiger partial charge in [0.05, 0.1) is 6.04 Å². The topological polar surface area (TPSA) is 32.8 Å². The number of piperazine rings is 1. The third-order valence-corrected chi connectivity index (χ3v) is 4.60. The van der Waals surface area contributed by atoms with Crippen LogP contribution in [-0.4, -0.2) is 55.6 Å². The zero-order valence-corrected chi connectivity index (χ0v) is 13.9. The van der Waals surface area contributed by atoms with Gasteiger partial charge in [0.15, 0.2) is 0 Å². The number of hydrogen-bond acceptors (Lipinski definition) is 4. The van der Waals surface area contributed by atoms with Gasteiger partial charge in [-0.3, -0.25) is 14.6 Å². The number of carbonyl (C=O) groups is 1. The van der Waals surface area contributed by atoms with Crippen LogP contribution in [0.4, 0.5) is 0 Å². The van der Waals surface area contributed by atoms with Crippen molar-refractivity contribution in [2.75, 3.05) is 39.3 Å². The number of hydrogen-bond donors (Lipinski definition) is 0. The van der Waals surface area contributed by atoms with E-state index in [2.05, 4.69) is 70.5 Å². The summed E-state index contributed by atoms with van der Waals surface area (Å²) in [5.41, 5.74) is 2.67. The molecule has 2 aromatic rings. The predicted octanol–water partition coefficient (Wildman–Crippen LogP) is 2.57. The fourth-order valence-electron chi connectivity index (χ4n) is 3.36. The van der Waals surface area contributed by atoms with Crippen LogP contribution in [0.2, 0.25) is 0 Å². The summed E-state index contributed by atoms with van der Waals surface area (Å²) < 4.78 is 4.81. The Morgan fingerprint density at radius 1 is 0.875 bits per heavy atom. The second-order valence-corrected chi connectivity index (χ2v) is 6.07. The van der Waals surface area contributed by atoms with Gasteiger partial charge in [0.25, 0.3) is 6.47 Å². The zero-order valence-electron chi connectivity index (χ0n) is 13.9. The first-order chi connectivity index (χ1) is 11.9. The smallest absolute Gasteiger partial charge is 0.293 e. The molecule has 0 N–H and O–H groups in total. The Kier molecular flexibility index (Phi) is 5.99. The van der Waals surface area contributed by atoms with E-state index in [1.807, 2.05) is 0 Å². The monoisotopic (exact) mass is 324 g/mol. The Hall–Kier alpha value is -2.17. The van der Waals surface area contributed by atoms with Gasteiger partial charge in [-0.2, -0.15) is 0 Å². The van der Waals surface area contributed by atoms with Crippen LogP contribution in [0, 0.1) is 0 Å². The van der Waals surface area contributed by atoms with Crippen molar-refractivity contribution in [2.45, 2.75) is 6.04 Å². The molecule has 4 nitrogen and oxygen atoms in total. The van der Waals surface area contributed by atoms with Crippen LogP contribution < -0.4 is 0 Å². The molecular formula is C20H24N2O2. The molecule has 0 atom stereocenters. The average Bonchev–Trinajstić information content (AvgIpc) is 2.65. The predicted molar refractivity (Wildman–Crippen MR) is 94.8 cm³/mol. The van der Waals surface area contributed by atoms with Crippen molar-refractivity contribution in [3.05, 3.63) is 71.8 Å². The standard InChI is InChI=1S/C20H24N2O2/c23-17-24-16-15-21-11-13-22(14-12-21)20(18-7-3-1-4-8-18)19-9-5-2-6-10-19/h1-10,17,20H,11-16H2. The lowest BCUT2D eigenvalue weighted by molar-refractivity contribution is -0.129. The van der Waals surface area contributed by atoms with Crippen molar-refractivity contribution in [1.29, 1.82) is 0 Å². The molecule has 0 saturated carbocycles. The molecule has 126 valence electrons. The fraction of sp³-hybridized carbons (Fsp3) is 0.350. The first-order valence-corrected chi connectivity index (χ1v) is 8.50. The Morgan fingerprint density at radius 3 is 1.92 bits per heavy atom. The van der Waals surface area contributed by atoms with E-state index in [-0.39, 0.29) is 0 Å². The molecule has 0 unspecified atom stereocenters. The minimum absolute atomic E-state index is 0.292. The van der Waals surface area contributed by atoms with E-state index in [1.165, 1.54) is 11.1 Å². The second kappa shape index (κ2) is 8.62. The van der Waals surface area contributed by atoms with Crippen molar-refractivity contribution in [3.8, 4) is 0 Å². The van der Waals surface area contributed by atoms with E-state index >= 15 is 0 Å². The summed E-state index contributed by atoms with van der Waals surface area (Å²) in [5, 5.41) is 0. The van der Waals surface area contributed by atoms with E-state index < -0.39 is 0 Å². The van der Waals surface area contributed by atoms with Crippen molar-refractivity contribution in [3.63, 3.8) is 0 Å². The molecule has 24 heavy (non-hydrogen) atoms. The van der Waals surface area contributed by atoms with Crippen molar-refractivity contribution in [1.82, 2.24) is 9.80 Å². The minimum Gasteiger partial charge on any atom is -0.467 e. The molecule has 0 aliphatic carbocycles. The molecule has 4 heteroatoms. The van der Waals surface area contributed by atoms with Gasteiger partial charge in [-0.05, 0) is 11.1 Å². The Morgan fingerprint density at radius 2 is 1.42 bits per heavy atom. The number of ether oxygens (including phenoxy) is 1. The largest absolute Gasteiger partial charge is 0.467 e. The number of carbonyl (C=O) groups excluding carboxylic acids is 1. The Bertz CT molecular complexity index is 571. The third-order valence-electron chi connectivity index (χ3n) is 4.60. The molecule has 0 aromatic heterocycles. The molecule has 0 spiro atoms. The van der Waals surface area contributed by atoms with Gasteiger partial charge >= 0.3 is 0 Å². The Labute approximate surface area is 143 Å². The van der Waals surface area contributed by atoms with Crippen molar-refractivity contribution in [2.24, 2.45) is 0 Å². The maximum Gasteiger partial charge on any atom is 0.293 e. The van der Waals surface area contributed by atoms with E-state index in [9.17, 15) is 4.79 Å². The van der Waals surface area contributed by atoms with Crippen LogP contribution >= 0.6 is 0 Å². The summed E-state index contributed by atoms with van der Waals surface area (Å²) in [6.07, 6.45) is 0. The van der Waals surface area contributed by atoms with Crippen molar-refractivity contribution >= 4 is 6.47 Å². The molecule has 1 fully saturated rings. The fourth-order valence-corrected chi connectivity index (χ4v) is 3.36. The van der Waals surface area contributed by atoms with E-state index in [1.54, 1.807) is 0 Å². The molecule has 1 aliphatic heterocycles. The summed E-state index contributed by atoms with van der Waals surface area (Å²) in [6, 6.07) is 21.7. The molecule has 2 aromatic carbocycles. The van der Waals surface area contributed by atoms with Crippen LogP contribution in [0.25, 0.3) is 0 Å². The van der Waals surface area contributed by atoms with Crippen LogP contribution in [0.5, 0.6) is 0 Å². The molecule has 1 aliphatic rings. The van der Waals surface area contributed by atoms with Crippen LogP contribution in [-0.2, 0) is 9.53 Å². The summed E-state index contributed by atoms with van der Waals surface area (Å²) in [6.45, 7) is 5.83. The lowest BCUT2D eigenvalue weighted by Gasteiger charge is -2.39. The SMILES string of the molecule is O=COCCN1CCN(C(c2ccccc2)c2ccccc2)CC1. The van der Waals surface area contributed by atoms with Crippen LogP contribution in [0.3, 0.4) is 0 Å². The number of nitrogens with zero attached hydrogens (tertiary/aromatic N) is 2. The van der Waals surface area contributed by atoms with Gasteiger partial charge in [0.2, 0.25) is 0 Å². The van der Waals surface area contributed by atoms with Gasteiger partial charge in [-0.1, -0.05) is 60.7 Å².